The predicted molar refractivity (Wildman–Crippen MR) is 126 cm³/mol. The van der Waals surface area contributed by atoms with Crippen molar-refractivity contribution in [1.82, 2.24) is 5.01 Å². The molecule has 32 heavy (non-hydrogen) atoms. The van der Waals surface area contributed by atoms with E-state index in [0.717, 1.165) is 46.1 Å². The van der Waals surface area contributed by atoms with E-state index in [-0.39, 0.29) is 6.04 Å². The van der Waals surface area contributed by atoms with E-state index >= 15 is 0 Å². The molecule has 2 aliphatic rings. The van der Waals surface area contributed by atoms with E-state index in [1.54, 1.807) is 0 Å². The second-order valence-corrected chi connectivity index (χ2v) is 8.11. The predicted octanol–water partition coefficient (Wildman–Crippen LogP) is 6.38. The molecule has 0 saturated heterocycles. The van der Waals surface area contributed by atoms with Crippen LogP contribution in [-0.2, 0) is 0 Å². The monoisotopic (exact) mass is 448 g/mol. The molecule has 0 saturated carbocycles. The summed E-state index contributed by atoms with van der Waals surface area (Å²) in [6.45, 7) is 5.17. The van der Waals surface area contributed by atoms with Crippen LogP contribution in [0.15, 0.2) is 71.8 Å². The number of halogens is 1. The Balaban J connectivity index is 1.57. The van der Waals surface area contributed by atoms with E-state index in [4.69, 9.17) is 30.9 Å². The summed E-state index contributed by atoms with van der Waals surface area (Å²) in [5.41, 5.74) is 4.04. The molecule has 0 aromatic heterocycles. The summed E-state index contributed by atoms with van der Waals surface area (Å²) >= 11 is 6.58. The van der Waals surface area contributed by atoms with Crippen LogP contribution in [0.3, 0.4) is 0 Å². The summed E-state index contributed by atoms with van der Waals surface area (Å²) in [5.74, 6) is 2.37. The van der Waals surface area contributed by atoms with E-state index in [0.29, 0.717) is 18.2 Å². The van der Waals surface area contributed by atoms with Crippen molar-refractivity contribution in [2.45, 2.75) is 32.5 Å². The average Bonchev–Trinajstić information content (AvgIpc) is 3.26. The minimum Gasteiger partial charge on any atom is -0.494 e. The molecular weight excluding hydrogens is 424 g/mol. The summed E-state index contributed by atoms with van der Waals surface area (Å²) in [6, 6.07) is 21.9. The van der Waals surface area contributed by atoms with Gasteiger partial charge in [0.15, 0.2) is 11.5 Å². The molecule has 0 unspecified atom stereocenters. The van der Waals surface area contributed by atoms with Crippen LogP contribution in [0.2, 0.25) is 5.02 Å². The Kier molecular flexibility index (Phi) is 5.66. The first kappa shape index (κ1) is 20.7. The van der Waals surface area contributed by atoms with Crippen LogP contribution in [0, 0.1) is 0 Å². The van der Waals surface area contributed by atoms with Gasteiger partial charge in [-0.05, 0) is 55.8 Å². The molecule has 0 aliphatic carbocycles. The molecule has 5 nitrogen and oxygen atoms in total. The van der Waals surface area contributed by atoms with Gasteiger partial charge >= 0.3 is 0 Å². The number of nitrogens with zero attached hydrogens (tertiary/aromatic N) is 2. The summed E-state index contributed by atoms with van der Waals surface area (Å²) in [5, 5.41) is 7.70. The molecule has 0 radical (unpaired) electrons. The largest absolute Gasteiger partial charge is 0.494 e. The Hall–Kier alpha value is -3.18. The number of ether oxygens (including phenoxy) is 3. The van der Waals surface area contributed by atoms with E-state index in [9.17, 15) is 0 Å². The molecule has 0 bridgehead atoms. The van der Waals surface area contributed by atoms with Crippen LogP contribution >= 0.6 is 11.6 Å². The van der Waals surface area contributed by atoms with Gasteiger partial charge in [-0.2, -0.15) is 5.10 Å². The van der Waals surface area contributed by atoms with Crippen molar-refractivity contribution >= 4 is 17.3 Å². The zero-order valence-electron chi connectivity index (χ0n) is 18.1. The molecular formula is C26H25ClN2O3. The van der Waals surface area contributed by atoms with Crippen LogP contribution < -0.4 is 14.2 Å². The Morgan fingerprint density at radius 2 is 1.69 bits per heavy atom. The highest BCUT2D eigenvalue weighted by Gasteiger charge is 2.42. The maximum absolute atomic E-state index is 6.58. The molecule has 0 N–H and O–H groups in total. The van der Waals surface area contributed by atoms with E-state index in [1.165, 1.54) is 0 Å². The lowest BCUT2D eigenvalue weighted by Crippen LogP contribution is -2.34. The molecule has 0 fully saturated rings. The first-order valence-corrected chi connectivity index (χ1v) is 11.3. The van der Waals surface area contributed by atoms with Gasteiger partial charge in [0, 0.05) is 22.6 Å². The van der Waals surface area contributed by atoms with E-state index in [1.807, 2.05) is 67.4 Å². The number of hydrogen-bond donors (Lipinski definition) is 0. The molecule has 0 amide bonds. The summed E-state index contributed by atoms with van der Waals surface area (Å²) in [6.07, 6.45) is 0.323. The van der Waals surface area contributed by atoms with Crippen LogP contribution in [0.1, 0.15) is 49.2 Å². The first-order chi connectivity index (χ1) is 15.7. The highest BCUT2D eigenvalue weighted by molar-refractivity contribution is 6.31. The van der Waals surface area contributed by atoms with Crippen molar-refractivity contribution < 1.29 is 14.2 Å². The third-order valence-electron chi connectivity index (χ3n) is 5.75. The quantitative estimate of drug-likeness (QED) is 0.439. The fraction of sp³-hybridized carbons (Fsp3) is 0.269. The lowest BCUT2D eigenvalue weighted by atomic mass is 9.95. The first-order valence-electron chi connectivity index (χ1n) is 11.0. The van der Waals surface area contributed by atoms with Crippen molar-refractivity contribution in [3.05, 3.63) is 88.4 Å². The minimum atomic E-state index is -0.442. The van der Waals surface area contributed by atoms with Gasteiger partial charge in [-0.25, -0.2) is 5.01 Å². The molecule has 2 heterocycles. The number of hydrogen-bond acceptors (Lipinski definition) is 5. The second-order valence-electron chi connectivity index (χ2n) is 7.70. The molecule has 6 heteroatoms. The fourth-order valence-electron chi connectivity index (χ4n) is 4.32. The topological polar surface area (TPSA) is 43.3 Å². The highest BCUT2D eigenvalue weighted by atomic mass is 35.5. The maximum atomic E-state index is 6.58. The maximum Gasteiger partial charge on any atom is 0.215 e. The molecule has 3 aromatic rings. The van der Waals surface area contributed by atoms with E-state index in [2.05, 4.69) is 18.2 Å². The number of benzene rings is 3. The Morgan fingerprint density at radius 3 is 2.44 bits per heavy atom. The third-order valence-corrected chi connectivity index (χ3v) is 6.09. The Labute approximate surface area is 193 Å². The zero-order valence-corrected chi connectivity index (χ0v) is 18.9. The summed E-state index contributed by atoms with van der Waals surface area (Å²) in [4.78, 5) is 0. The van der Waals surface area contributed by atoms with Crippen LogP contribution in [0.5, 0.6) is 17.2 Å². The smallest absolute Gasteiger partial charge is 0.215 e. The van der Waals surface area contributed by atoms with E-state index < -0.39 is 6.23 Å². The Morgan fingerprint density at radius 1 is 0.938 bits per heavy atom. The van der Waals surface area contributed by atoms with Gasteiger partial charge in [0.25, 0.3) is 0 Å². The Bertz CT molecular complexity index is 1150. The number of para-hydroxylation sites is 1. The third kappa shape index (κ3) is 3.67. The van der Waals surface area contributed by atoms with Gasteiger partial charge in [-0.3, -0.25) is 0 Å². The van der Waals surface area contributed by atoms with Crippen molar-refractivity contribution in [1.29, 1.82) is 0 Å². The molecule has 2 aliphatic heterocycles. The van der Waals surface area contributed by atoms with Crippen molar-refractivity contribution in [3.63, 3.8) is 0 Å². The number of rotatable bonds is 6. The van der Waals surface area contributed by atoms with Gasteiger partial charge in [0.05, 0.1) is 25.0 Å². The summed E-state index contributed by atoms with van der Waals surface area (Å²) < 4.78 is 18.0. The van der Waals surface area contributed by atoms with Crippen LogP contribution in [-0.4, -0.2) is 23.9 Å². The highest BCUT2D eigenvalue weighted by Crippen LogP contribution is 2.51. The molecule has 3 aromatic carbocycles. The van der Waals surface area contributed by atoms with Crippen molar-refractivity contribution in [3.8, 4) is 17.2 Å². The van der Waals surface area contributed by atoms with Gasteiger partial charge in [-0.1, -0.05) is 41.9 Å². The molecule has 0 spiro atoms. The summed E-state index contributed by atoms with van der Waals surface area (Å²) in [7, 11) is 0. The van der Waals surface area contributed by atoms with Crippen LogP contribution in [0.4, 0.5) is 0 Å². The number of hydrazone groups is 1. The van der Waals surface area contributed by atoms with Gasteiger partial charge in [0.2, 0.25) is 6.23 Å². The average molecular weight is 449 g/mol. The SMILES string of the molecule is CCOc1ccc(C2=NN3[C@H](C2)c2cccc(OCC)c2O[C@@H]3c2ccccc2Cl)cc1. The second kappa shape index (κ2) is 8.75. The lowest BCUT2D eigenvalue weighted by Gasteiger charge is -2.39. The normalized spacial score (nSPS) is 19.0. The molecule has 5 rings (SSSR count). The van der Waals surface area contributed by atoms with Crippen LogP contribution in [0.25, 0.3) is 0 Å². The molecule has 164 valence electrons. The fourth-order valence-corrected chi connectivity index (χ4v) is 4.55. The van der Waals surface area contributed by atoms with Gasteiger partial charge in [-0.15, -0.1) is 0 Å². The minimum absolute atomic E-state index is 0.0296. The van der Waals surface area contributed by atoms with Crippen molar-refractivity contribution in [2.24, 2.45) is 5.10 Å². The molecule has 2 atom stereocenters. The zero-order chi connectivity index (χ0) is 22.1. The lowest BCUT2D eigenvalue weighted by molar-refractivity contribution is -0.0211. The van der Waals surface area contributed by atoms with Gasteiger partial charge < -0.3 is 14.2 Å². The van der Waals surface area contributed by atoms with Gasteiger partial charge in [0.1, 0.15) is 5.75 Å². The standard InChI is InChI=1S/C26H25ClN2O3/c1-3-30-18-14-12-17(13-15-18)22-16-23-20-9-7-11-24(31-4-2)25(20)32-26(29(23)28-22)19-8-5-6-10-21(19)27/h5-15,23,26H,3-4,16H2,1-2H3/t23-,26-/m1/s1. The number of fused-ring (bicyclic) bond motifs is 3. The van der Waals surface area contributed by atoms with Crippen molar-refractivity contribution in [2.75, 3.05) is 13.2 Å².